The Hall–Kier alpha value is -1.07. The number of piperidine rings is 2. The van der Waals surface area contributed by atoms with Gasteiger partial charge in [-0.2, -0.15) is 4.98 Å². The van der Waals surface area contributed by atoms with E-state index in [0.717, 1.165) is 37.4 Å². The molecule has 0 saturated carbocycles. The normalized spacial score (nSPS) is 26.5. The topological polar surface area (TPSA) is 44.3 Å². The highest BCUT2D eigenvalue weighted by molar-refractivity contribution is 6.32. The van der Waals surface area contributed by atoms with Crippen molar-refractivity contribution in [3.05, 3.63) is 11.2 Å². The van der Waals surface area contributed by atoms with E-state index in [9.17, 15) is 0 Å². The Bertz CT molecular complexity index is 495. The van der Waals surface area contributed by atoms with Gasteiger partial charge in [-0.25, -0.2) is 4.98 Å². The molecule has 1 aromatic rings. The molecule has 3 rings (SSSR count). The van der Waals surface area contributed by atoms with Gasteiger partial charge in [-0.3, -0.25) is 0 Å². The lowest BCUT2D eigenvalue weighted by Gasteiger charge is -2.46. The maximum atomic E-state index is 6.33. The minimum atomic E-state index is 0.652. The highest BCUT2D eigenvalue weighted by atomic mass is 35.5. The Morgan fingerprint density at radius 2 is 2.24 bits per heavy atom. The number of hydrogen-bond donors (Lipinski definition) is 1. The van der Waals surface area contributed by atoms with Crippen LogP contribution in [0.25, 0.3) is 0 Å². The number of halogens is 1. The van der Waals surface area contributed by atoms with E-state index in [1.807, 2.05) is 6.92 Å². The van der Waals surface area contributed by atoms with Gasteiger partial charge in [-0.05, 0) is 45.7 Å². The zero-order chi connectivity index (χ0) is 14.8. The van der Waals surface area contributed by atoms with Gasteiger partial charge in [-0.1, -0.05) is 11.6 Å². The molecular weight excluding hydrogens is 286 g/mol. The third kappa shape index (κ3) is 3.09. The second kappa shape index (κ2) is 6.36. The van der Waals surface area contributed by atoms with Gasteiger partial charge in [0.25, 0.3) is 0 Å². The summed E-state index contributed by atoms with van der Waals surface area (Å²) in [6.45, 7) is 6.17. The minimum absolute atomic E-state index is 0.652. The molecular formula is C15H24ClN5. The van der Waals surface area contributed by atoms with E-state index >= 15 is 0 Å². The average molecular weight is 310 g/mol. The number of nitrogens with one attached hydrogen (secondary N) is 1. The van der Waals surface area contributed by atoms with Crippen LogP contribution < -0.4 is 10.2 Å². The number of nitrogens with zero attached hydrogens (tertiary/aromatic N) is 4. The molecule has 2 aliphatic heterocycles. The summed E-state index contributed by atoms with van der Waals surface area (Å²) in [5.41, 5.74) is 0. The number of likely N-dealkylation sites (tertiary alicyclic amines) is 1. The van der Waals surface area contributed by atoms with Crippen LogP contribution in [0.1, 0.15) is 26.2 Å². The molecule has 3 heterocycles. The molecule has 6 heteroatoms. The molecule has 5 nitrogen and oxygen atoms in total. The second-order valence-corrected chi connectivity index (χ2v) is 6.49. The molecule has 0 spiro atoms. The monoisotopic (exact) mass is 309 g/mol. The Kier molecular flexibility index (Phi) is 4.50. The highest BCUT2D eigenvalue weighted by Gasteiger charge is 2.35. The number of anilines is 2. The zero-order valence-electron chi connectivity index (χ0n) is 12.8. The summed E-state index contributed by atoms with van der Waals surface area (Å²) in [6.07, 6.45) is 5.51. The summed E-state index contributed by atoms with van der Waals surface area (Å²) in [5.74, 6) is 2.28. The van der Waals surface area contributed by atoms with Crippen LogP contribution in [0.5, 0.6) is 0 Å². The summed E-state index contributed by atoms with van der Waals surface area (Å²) >= 11 is 6.33. The third-order valence-electron chi connectivity index (χ3n) is 4.71. The van der Waals surface area contributed by atoms with Crippen LogP contribution in [0, 0.1) is 5.92 Å². The molecule has 0 aromatic carbocycles. The van der Waals surface area contributed by atoms with E-state index in [1.165, 1.54) is 25.8 Å². The number of hydrogen-bond acceptors (Lipinski definition) is 5. The quantitative estimate of drug-likeness (QED) is 0.929. The summed E-state index contributed by atoms with van der Waals surface area (Å²) < 4.78 is 0. The van der Waals surface area contributed by atoms with Gasteiger partial charge in [0, 0.05) is 25.7 Å². The maximum Gasteiger partial charge on any atom is 0.224 e. The fraction of sp³-hybridized carbons (Fsp3) is 0.733. The van der Waals surface area contributed by atoms with Gasteiger partial charge >= 0.3 is 0 Å². The summed E-state index contributed by atoms with van der Waals surface area (Å²) in [6, 6.07) is 0.726. The van der Waals surface area contributed by atoms with Crippen LogP contribution in [0.15, 0.2) is 6.20 Å². The van der Waals surface area contributed by atoms with E-state index in [2.05, 4.69) is 32.1 Å². The first-order valence-corrected chi connectivity index (χ1v) is 8.28. The molecule has 1 aromatic heterocycles. The first-order valence-electron chi connectivity index (χ1n) is 7.90. The molecule has 2 saturated heterocycles. The van der Waals surface area contributed by atoms with E-state index < -0.39 is 0 Å². The SMILES string of the molecule is CCNc1ncc(Cl)c(N2CCC3C(CCCN3C)C2)n1. The summed E-state index contributed by atoms with van der Waals surface area (Å²) in [5, 5.41) is 3.81. The van der Waals surface area contributed by atoms with Crippen LogP contribution >= 0.6 is 11.6 Å². The van der Waals surface area contributed by atoms with Gasteiger partial charge < -0.3 is 15.1 Å². The van der Waals surface area contributed by atoms with E-state index in [1.54, 1.807) is 6.20 Å². The Balaban J connectivity index is 1.77. The van der Waals surface area contributed by atoms with Crippen molar-refractivity contribution in [2.24, 2.45) is 5.92 Å². The number of aromatic nitrogens is 2. The van der Waals surface area contributed by atoms with E-state index in [4.69, 9.17) is 11.6 Å². The van der Waals surface area contributed by atoms with Gasteiger partial charge in [0.1, 0.15) is 5.02 Å². The maximum absolute atomic E-state index is 6.33. The lowest BCUT2D eigenvalue weighted by molar-refractivity contribution is 0.102. The van der Waals surface area contributed by atoms with Gasteiger partial charge in [0.15, 0.2) is 5.82 Å². The van der Waals surface area contributed by atoms with Crippen LogP contribution in [0.4, 0.5) is 11.8 Å². The fourth-order valence-corrected chi connectivity index (χ4v) is 3.88. The van der Waals surface area contributed by atoms with Crippen molar-refractivity contribution in [1.82, 2.24) is 14.9 Å². The van der Waals surface area contributed by atoms with Crippen molar-refractivity contribution < 1.29 is 0 Å². The first kappa shape index (κ1) is 14.9. The van der Waals surface area contributed by atoms with Gasteiger partial charge in [0.05, 0.1) is 6.20 Å². The first-order chi connectivity index (χ1) is 10.2. The van der Waals surface area contributed by atoms with Crippen LogP contribution in [-0.2, 0) is 0 Å². The Morgan fingerprint density at radius 1 is 1.38 bits per heavy atom. The van der Waals surface area contributed by atoms with Crippen LogP contribution in [0.3, 0.4) is 0 Å². The number of rotatable bonds is 3. The largest absolute Gasteiger partial charge is 0.355 e. The smallest absolute Gasteiger partial charge is 0.224 e. The molecule has 116 valence electrons. The van der Waals surface area contributed by atoms with Crippen LogP contribution in [0.2, 0.25) is 5.02 Å². The Labute approximate surface area is 131 Å². The average Bonchev–Trinajstić information content (AvgIpc) is 2.49. The van der Waals surface area contributed by atoms with Crippen molar-refractivity contribution in [3.63, 3.8) is 0 Å². The lowest BCUT2D eigenvalue weighted by Crippen LogP contribution is -2.53. The van der Waals surface area contributed by atoms with Crippen molar-refractivity contribution in [2.75, 3.05) is 43.4 Å². The molecule has 0 radical (unpaired) electrons. The molecule has 2 atom stereocenters. The molecule has 2 unspecified atom stereocenters. The minimum Gasteiger partial charge on any atom is -0.355 e. The zero-order valence-corrected chi connectivity index (χ0v) is 13.6. The van der Waals surface area contributed by atoms with E-state index in [0.29, 0.717) is 11.0 Å². The summed E-state index contributed by atoms with van der Waals surface area (Å²) in [7, 11) is 2.26. The molecule has 1 N–H and O–H groups in total. The molecule has 0 aliphatic carbocycles. The van der Waals surface area contributed by atoms with Crippen molar-refractivity contribution in [1.29, 1.82) is 0 Å². The Morgan fingerprint density at radius 3 is 3.05 bits per heavy atom. The number of fused-ring (bicyclic) bond motifs is 1. The molecule has 2 fully saturated rings. The van der Waals surface area contributed by atoms with Crippen molar-refractivity contribution in [3.8, 4) is 0 Å². The van der Waals surface area contributed by atoms with Crippen molar-refractivity contribution in [2.45, 2.75) is 32.2 Å². The van der Waals surface area contributed by atoms with E-state index in [-0.39, 0.29) is 0 Å². The second-order valence-electron chi connectivity index (χ2n) is 6.08. The van der Waals surface area contributed by atoms with Crippen molar-refractivity contribution >= 4 is 23.4 Å². The molecule has 21 heavy (non-hydrogen) atoms. The molecule has 0 bridgehead atoms. The predicted molar refractivity (Wildman–Crippen MR) is 87.2 cm³/mol. The predicted octanol–water partition coefficient (Wildman–Crippen LogP) is 2.48. The standard InChI is InChI=1S/C15H24ClN5/c1-3-17-15-18-9-12(16)14(19-15)21-8-6-13-11(10-21)5-4-7-20(13)2/h9,11,13H,3-8,10H2,1-2H3,(H,17,18,19). The fourth-order valence-electron chi connectivity index (χ4n) is 3.67. The molecule has 2 aliphatic rings. The van der Waals surface area contributed by atoms with Gasteiger partial charge in [0.2, 0.25) is 5.95 Å². The molecule has 0 amide bonds. The van der Waals surface area contributed by atoms with Gasteiger partial charge in [-0.15, -0.1) is 0 Å². The lowest BCUT2D eigenvalue weighted by atomic mass is 9.84. The summed E-state index contributed by atoms with van der Waals surface area (Å²) in [4.78, 5) is 13.7. The van der Waals surface area contributed by atoms with Crippen LogP contribution in [-0.4, -0.2) is 54.1 Å². The highest BCUT2D eigenvalue weighted by Crippen LogP contribution is 2.33. The third-order valence-corrected chi connectivity index (χ3v) is 4.97.